The molecular formula is C12H10N2O. The molecule has 0 fully saturated rings. The summed E-state index contributed by atoms with van der Waals surface area (Å²) in [6, 6.07) is 9.52. The molecule has 0 atom stereocenters. The van der Waals surface area contributed by atoms with Crippen molar-refractivity contribution in [2.75, 3.05) is 7.11 Å². The van der Waals surface area contributed by atoms with Crippen LogP contribution in [0.2, 0.25) is 0 Å². The molecule has 0 saturated heterocycles. The van der Waals surface area contributed by atoms with Gasteiger partial charge in [0.05, 0.1) is 23.6 Å². The van der Waals surface area contributed by atoms with E-state index in [1.54, 1.807) is 13.2 Å². The summed E-state index contributed by atoms with van der Waals surface area (Å²) in [7, 11) is 1.59. The second kappa shape index (κ2) is 3.58. The Morgan fingerprint density at radius 1 is 1.40 bits per heavy atom. The molecule has 0 aliphatic rings. The number of hydrogen-bond acceptors (Lipinski definition) is 3. The van der Waals surface area contributed by atoms with Crippen molar-refractivity contribution in [3.8, 4) is 11.8 Å². The van der Waals surface area contributed by atoms with E-state index in [1.807, 2.05) is 25.1 Å². The average Bonchev–Trinajstić information content (AvgIpc) is 2.26. The van der Waals surface area contributed by atoms with E-state index < -0.39 is 0 Å². The molecule has 0 saturated carbocycles. The number of benzene rings is 1. The van der Waals surface area contributed by atoms with Crippen LogP contribution in [0.25, 0.3) is 10.9 Å². The van der Waals surface area contributed by atoms with Crippen LogP contribution in [0, 0.1) is 18.3 Å². The molecule has 15 heavy (non-hydrogen) atoms. The maximum absolute atomic E-state index is 9.05. The van der Waals surface area contributed by atoms with Crippen molar-refractivity contribution in [1.29, 1.82) is 5.26 Å². The van der Waals surface area contributed by atoms with Crippen LogP contribution in [0.1, 0.15) is 11.3 Å². The molecule has 2 aromatic rings. The third kappa shape index (κ3) is 1.50. The van der Waals surface area contributed by atoms with Crippen LogP contribution in [0.15, 0.2) is 24.3 Å². The minimum Gasteiger partial charge on any atom is -0.496 e. The normalized spacial score (nSPS) is 9.93. The first kappa shape index (κ1) is 9.47. The van der Waals surface area contributed by atoms with Crippen LogP contribution in [0.5, 0.6) is 5.75 Å². The number of ether oxygens (including phenoxy) is 1. The molecule has 0 spiro atoms. The summed E-state index contributed by atoms with van der Waals surface area (Å²) in [5.74, 6) is 0.691. The molecule has 0 N–H and O–H groups in total. The van der Waals surface area contributed by atoms with Gasteiger partial charge in [-0.1, -0.05) is 6.07 Å². The van der Waals surface area contributed by atoms with Crippen molar-refractivity contribution in [1.82, 2.24) is 4.98 Å². The van der Waals surface area contributed by atoms with E-state index in [0.29, 0.717) is 11.3 Å². The summed E-state index contributed by atoms with van der Waals surface area (Å²) in [5, 5.41) is 9.83. The maximum atomic E-state index is 9.05. The molecule has 74 valence electrons. The van der Waals surface area contributed by atoms with Crippen molar-refractivity contribution >= 4 is 10.9 Å². The summed E-state index contributed by atoms with van der Waals surface area (Å²) < 4.78 is 5.22. The van der Waals surface area contributed by atoms with Gasteiger partial charge in [-0.15, -0.1) is 0 Å². The van der Waals surface area contributed by atoms with Crippen LogP contribution >= 0.6 is 0 Å². The monoisotopic (exact) mass is 198 g/mol. The molecule has 3 nitrogen and oxygen atoms in total. The van der Waals surface area contributed by atoms with E-state index in [1.165, 1.54) is 0 Å². The van der Waals surface area contributed by atoms with Crippen molar-refractivity contribution in [3.63, 3.8) is 0 Å². The molecule has 0 radical (unpaired) electrons. The first-order chi connectivity index (χ1) is 7.26. The number of aromatic nitrogens is 1. The molecule has 1 aromatic heterocycles. The fraction of sp³-hybridized carbons (Fsp3) is 0.167. The summed E-state index contributed by atoms with van der Waals surface area (Å²) in [6.45, 7) is 1.87. The van der Waals surface area contributed by atoms with E-state index in [2.05, 4.69) is 11.1 Å². The van der Waals surface area contributed by atoms with E-state index in [-0.39, 0.29) is 0 Å². The predicted octanol–water partition coefficient (Wildman–Crippen LogP) is 2.42. The van der Waals surface area contributed by atoms with Gasteiger partial charge < -0.3 is 4.74 Å². The summed E-state index contributed by atoms with van der Waals surface area (Å²) in [4.78, 5) is 4.36. The highest BCUT2D eigenvalue weighted by atomic mass is 16.5. The highest BCUT2D eigenvalue weighted by Crippen LogP contribution is 2.27. The van der Waals surface area contributed by atoms with Crippen LogP contribution in [-0.2, 0) is 0 Å². The molecular weight excluding hydrogens is 188 g/mol. The topological polar surface area (TPSA) is 45.9 Å². The van der Waals surface area contributed by atoms with Gasteiger partial charge in [0.1, 0.15) is 11.8 Å². The maximum Gasteiger partial charge on any atom is 0.129 e. The summed E-state index contributed by atoms with van der Waals surface area (Å²) in [6.07, 6.45) is 0. The number of aryl methyl sites for hydroxylation is 1. The lowest BCUT2D eigenvalue weighted by Gasteiger charge is -2.06. The highest BCUT2D eigenvalue weighted by molar-refractivity contribution is 5.90. The van der Waals surface area contributed by atoms with Crippen LogP contribution in [0.3, 0.4) is 0 Å². The molecule has 1 heterocycles. The van der Waals surface area contributed by atoms with Crippen LogP contribution in [0.4, 0.5) is 0 Å². The number of nitriles is 1. The van der Waals surface area contributed by atoms with E-state index in [0.717, 1.165) is 16.6 Å². The Hall–Kier alpha value is -2.08. The van der Waals surface area contributed by atoms with Crippen molar-refractivity contribution in [2.45, 2.75) is 6.92 Å². The summed E-state index contributed by atoms with van der Waals surface area (Å²) >= 11 is 0. The Bertz CT molecular complexity index is 555. The van der Waals surface area contributed by atoms with E-state index >= 15 is 0 Å². The Morgan fingerprint density at radius 2 is 2.20 bits per heavy atom. The number of nitrogens with zero attached hydrogens (tertiary/aromatic N) is 2. The van der Waals surface area contributed by atoms with Crippen LogP contribution < -0.4 is 4.74 Å². The van der Waals surface area contributed by atoms with Gasteiger partial charge in [0.15, 0.2) is 0 Å². The minimum absolute atomic E-state index is 0.606. The smallest absolute Gasteiger partial charge is 0.129 e. The van der Waals surface area contributed by atoms with E-state index in [4.69, 9.17) is 10.00 Å². The lowest BCUT2D eigenvalue weighted by Crippen LogP contribution is -1.92. The Morgan fingerprint density at radius 3 is 2.87 bits per heavy atom. The zero-order chi connectivity index (χ0) is 10.8. The van der Waals surface area contributed by atoms with Gasteiger partial charge in [0.2, 0.25) is 0 Å². The minimum atomic E-state index is 0.606. The van der Waals surface area contributed by atoms with Crippen molar-refractivity contribution < 1.29 is 4.74 Å². The lowest BCUT2D eigenvalue weighted by molar-refractivity contribution is 0.419. The van der Waals surface area contributed by atoms with Gasteiger partial charge >= 0.3 is 0 Å². The van der Waals surface area contributed by atoms with Crippen molar-refractivity contribution in [3.05, 3.63) is 35.5 Å². The van der Waals surface area contributed by atoms with E-state index in [9.17, 15) is 0 Å². The first-order valence-electron chi connectivity index (χ1n) is 4.60. The summed E-state index contributed by atoms with van der Waals surface area (Å²) in [5.41, 5.74) is 2.24. The zero-order valence-corrected chi connectivity index (χ0v) is 8.61. The Labute approximate surface area is 87.9 Å². The van der Waals surface area contributed by atoms with Gasteiger partial charge in [0.25, 0.3) is 0 Å². The number of methoxy groups -OCH3 is 1. The molecule has 0 aliphatic carbocycles. The predicted molar refractivity (Wildman–Crippen MR) is 57.7 cm³/mol. The fourth-order valence-electron chi connectivity index (χ4n) is 1.65. The van der Waals surface area contributed by atoms with Gasteiger partial charge in [-0.05, 0) is 25.1 Å². The fourth-order valence-corrected chi connectivity index (χ4v) is 1.65. The zero-order valence-electron chi connectivity index (χ0n) is 8.61. The molecule has 0 amide bonds. The van der Waals surface area contributed by atoms with Gasteiger partial charge in [-0.2, -0.15) is 5.26 Å². The van der Waals surface area contributed by atoms with Gasteiger partial charge in [-0.3, -0.25) is 4.98 Å². The average molecular weight is 198 g/mol. The number of fused-ring (bicyclic) bond motifs is 1. The number of hydrogen-bond donors (Lipinski definition) is 0. The Balaban J connectivity index is 2.92. The first-order valence-corrected chi connectivity index (χ1v) is 4.60. The third-order valence-electron chi connectivity index (χ3n) is 2.26. The van der Waals surface area contributed by atoms with Crippen LogP contribution in [-0.4, -0.2) is 12.1 Å². The van der Waals surface area contributed by atoms with Gasteiger partial charge in [-0.25, -0.2) is 0 Å². The second-order valence-electron chi connectivity index (χ2n) is 3.28. The largest absolute Gasteiger partial charge is 0.496 e. The molecule has 0 unspecified atom stereocenters. The quantitative estimate of drug-likeness (QED) is 0.706. The lowest BCUT2D eigenvalue weighted by atomic mass is 10.1. The number of rotatable bonds is 1. The highest BCUT2D eigenvalue weighted by Gasteiger charge is 2.08. The SMILES string of the molecule is COc1cccc2nc(C)cc(C#N)c12. The second-order valence-corrected chi connectivity index (χ2v) is 3.28. The molecule has 0 aliphatic heterocycles. The number of pyridine rings is 1. The Kier molecular flexibility index (Phi) is 2.26. The standard InChI is InChI=1S/C12H10N2O/c1-8-6-9(7-13)12-10(14-8)4-3-5-11(12)15-2/h3-6H,1-2H3. The molecule has 2 rings (SSSR count). The third-order valence-corrected chi connectivity index (χ3v) is 2.26. The molecule has 0 bridgehead atoms. The molecule has 1 aromatic carbocycles. The van der Waals surface area contributed by atoms with Crippen molar-refractivity contribution in [2.24, 2.45) is 0 Å². The molecule has 3 heteroatoms. The van der Waals surface area contributed by atoms with Gasteiger partial charge in [0, 0.05) is 5.69 Å².